The van der Waals surface area contributed by atoms with Gasteiger partial charge in [-0.2, -0.15) is 0 Å². The van der Waals surface area contributed by atoms with Crippen molar-refractivity contribution in [2.24, 2.45) is 5.73 Å². The fraction of sp³-hybridized carbons (Fsp3) is 0.385. The molecule has 0 aliphatic carbocycles. The van der Waals surface area contributed by atoms with Crippen molar-refractivity contribution in [3.63, 3.8) is 0 Å². The number of thioether (sulfide) groups is 1. The molecule has 1 aromatic carbocycles. The van der Waals surface area contributed by atoms with Crippen molar-refractivity contribution in [1.29, 1.82) is 0 Å². The number of rotatable bonds is 9. The normalized spacial score (nSPS) is 11.7. The third kappa shape index (κ3) is 7.01. The predicted octanol–water partition coefficient (Wildman–Crippen LogP) is 0.327. The van der Waals surface area contributed by atoms with Crippen LogP contribution in [0.2, 0.25) is 0 Å². The molecule has 1 rings (SSSR count). The van der Waals surface area contributed by atoms with Crippen LogP contribution < -0.4 is 15.8 Å². The van der Waals surface area contributed by atoms with Crippen LogP contribution in [-0.2, 0) is 9.59 Å². The van der Waals surface area contributed by atoms with E-state index < -0.39 is 12.0 Å². The number of nitrogens with one attached hydrogen (secondary N) is 1. The quantitative estimate of drug-likeness (QED) is 0.568. The van der Waals surface area contributed by atoms with Crippen molar-refractivity contribution >= 4 is 23.6 Å². The lowest BCUT2D eigenvalue weighted by molar-refractivity contribution is -0.138. The van der Waals surface area contributed by atoms with Crippen LogP contribution in [-0.4, -0.2) is 47.7 Å². The third-order valence-corrected chi connectivity index (χ3v) is 3.35. The van der Waals surface area contributed by atoms with Gasteiger partial charge in [0.15, 0.2) is 0 Å². The van der Waals surface area contributed by atoms with Gasteiger partial charge in [0.25, 0.3) is 0 Å². The fourth-order valence-corrected chi connectivity index (χ4v) is 2.08. The van der Waals surface area contributed by atoms with E-state index in [1.54, 1.807) is 0 Å². The number of benzene rings is 1. The predicted molar refractivity (Wildman–Crippen MR) is 77.9 cm³/mol. The summed E-state index contributed by atoms with van der Waals surface area (Å²) in [4.78, 5) is 21.9. The molecule has 1 atom stereocenters. The molecule has 0 heterocycles. The maximum atomic E-state index is 11.4. The molecule has 0 aliphatic rings. The molecule has 0 saturated carbocycles. The minimum absolute atomic E-state index is 0.163. The molecular weight excluding hydrogens is 280 g/mol. The largest absolute Gasteiger partial charge is 0.492 e. The van der Waals surface area contributed by atoms with E-state index in [4.69, 9.17) is 15.6 Å². The highest BCUT2D eigenvalue weighted by atomic mass is 32.2. The van der Waals surface area contributed by atoms with Crippen LogP contribution in [0.15, 0.2) is 30.3 Å². The van der Waals surface area contributed by atoms with Gasteiger partial charge in [0, 0.05) is 5.75 Å². The molecule has 110 valence electrons. The number of hydrogen-bond acceptors (Lipinski definition) is 5. The Balaban J connectivity index is 2.04. The first-order chi connectivity index (χ1) is 9.59. The Morgan fingerprint density at radius 2 is 2.05 bits per heavy atom. The molecule has 7 heteroatoms. The summed E-state index contributed by atoms with van der Waals surface area (Å²) in [6.45, 7) is 0.786. The van der Waals surface area contributed by atoms with E-state index in [9.17, 15) is 9.59 Å². The van der Waals surface area contributed by atoms with E-state index in [-0.39, 0.29) is 17.4 Å². The van der Waals surface area contributed by atoms with Crippen molar-refractivity contribution in [1.82, 2.24) is 5.32 Å². The summed E-state index contributed by atoms with van der Waals surface area (Å²) in [7, 11) is 0. The van der Waals surface area contributed by atoms with Gasteiger partial charge < -0.3 is 20.9 Å². The van der Waals surface area contributed by atoms with Crippen LogP contribution in [0.3, 0.4) is 0 Å². The van der Waals surface area contributed by atoms with Crippen LogP contribution in [0.4, 0.5) is 0 Å². The molecule has 0 fully saturated rings. The van der Waals surface area contributed by atoms with Gasteiger partial charge >= 0.3 is 5.97 Å². The number of carboxylic acid groups (broad SMARTS) is 1. The highest BCUT2D eigenvalue weighted by molar-refractivity contribution is 8.00. The smallest absolute Gasteiger partial charge is 0.321 e. The molecule has 6 nitrogen and oxygen atoms in total. The summed E-state index contributed by atoms with van der Waals surface area (Å²) in [6, 6.07) is 8.38. The number of carbonyl (C=O) groups excluding carboxylic acids is 1. The van der Waals surface area contributed by atoms with Gasteiger partial charge in [0.05, 0.1) is 12.3 Å². The van der Waals surface area contributed by atoms with E-state index >= 15 is 0 Å². The zero-order valence-electron chi connectivity index (χ0n) is 11.0. The Morgan fingerprint density at radius 3 is 2.70 bits per heavy atom. The monoisotopic (exact) mass is 298 g/mol. The second-order valence-corrected chi connectivity index (χ2v) is 5.00. The number of aliphatic carboxylic acids is 1. The summed E-state index contributed by atoms with van der Waals surface area (Å²) in [5, 5.41) is 11.3. The van der Waals surface area contributed by atoms with Gasteiger partial charge in [-0.05, 0) is 12.1 Å². The zero-order chi connectivity index (χ0) is 14.8. The van der Waals surface area contributed by atoms with Crippen molar-refractivity contribution in [2.45, 2.75) is 6.04 Å². The number of carbonyl (C=O) groups is 2. The van der Waals surface area contributed by atoms with Crippen LogP contribution in [0.5, 0.6) is 5.75 Å². The minimum Gasteiger partial charge on any atom is -0.492 e. The zero-order valence-corrected chi connectivity index (χ0v) is 11.8. The van der Waals surface area contributed by atoms with Gasteiger partial charge in [-0.1, -0.05) is 18.2 Å². The molecular formula is C13H18N2O4S. The molecule has 1 aromatic rings. The number of carboxylic acids is 1. The summed E-state index contributed by atoms with van der Waals surface area (Å²) >= 11 is 1.19. The minimum atomic E-state index is -1.06. The lowest BCUT2D eigenvalue weighted by Gasteiger charge is -2.08. The van der Waals surface area contributed by atoms with Crippen molar-refractivity contribution in [3.05, 3.63) is 30.3 Å². The van der Waals surface area contributed by atoms with E-state index in [2.05, 4.69) is 5.32 Å². The van der Waals surface area contributed by atoms with Crippen molar-refractivity contribution in [3.8, 4) is 5.75 Å². The molecule has 0 spiro atoms. The first-order valence-corrected chi connectivity index (χ1v) is 7.25. The topological polar surface area (TPSA) is 102 Å². The average molecular weight is 298 g/mol. The highest BCUT2D eigenvalue weighted by Gasteiger charge is 2.11. The first kappa shape index (κ1) is 16.3. The molecule has 20 heavy (non-hydrogen) atoms. The van der Waals surface area contributed by atoms with Gasteiger partial charge in [-0.3, -0.25) is 9.59 Å². The second kappa shape index (κ2) is 9.22. The van der Waals surface area contributed by atoms with E-state index in [0.717, 1.165) is 5.75 Å². The number of para-hydroxylation sites is 1. The maximum absolute atomic E-state index is 11.4. The molecule has 0 saturated heterocycles. The molecule has 0 bridgehead atoms. The fourth-order valence-electron chi connectivity index (χ4n) is 1.28. The van der Waals surface area contributed by atoms with Gasteiger partial charge in [-0.25, -0.2) is 0 Å². The number of hydrogen-bond donors (Lipinski definition) is 3. The first-order valence-electron chi connectivity index (χ1n) is 6.10. The van der Waals surface area contributed by atoms with Crippen LogP contribution >= 0.6 is 11.8 Å². The summed E-state index contributed by atoms with van der Waals surface area (Å²) < 4.78 is 5.41. The number of nitrogens with two attached hydrogens (primary N) is 1. The van der Waals surface area contributed by atoms with Gasteiger partial charge in [-0.15, -0.1) is 11.8 Å². The number of ether oxygens (including phenoxy) is 1. The second-order valence-electron chi connectivity index (χ2n) is 3.97. The van der Waals surface area contributed by atoms with Crippen LogP contribution in [0.1, 0.15) is 0 Å². The van der Waals surface area contributed by atoms with Crippen LogP contribution in [0.25, 0.3) is 0 Å². The van der Waals surface area contributed by atoms with E-state index in [0.29, 0.717) is 13.2 Å². The third-order valence-electron chi connectivity index (χ3n) is 2.28. The highest BCUT2D eigenvalue weighted by Crippen LogP contribution is 2.07. The Labute approximate surface area is 121 Å². The Bertz CT molecular complexity index is 428. The maximum Gasteiger partial charge on any atom is 0.321 e. The van der Waals surface area contributed by atoms with Gasteiger partial charge in [0.2, 0.25) is 5.91 Å². The number of amides is 1. The Hall–Kier alpha value is -1.73. The van der Waals surface area contributed by atoms with Crippen molar-refractivity contribution < 1.29 is 19.4 Å². The van der Waals surface area contributed by atoms with Crippen molar-refractivity contribution in [2.75, 3.05) is 24.7 Å². The average Bonchev–Trinajstić information content (AvgIpc) is 2.44. The molecule has 4 N–H and O–H groups in total. The summed E-state index contributed by atoms with van der Waals surface area (Å²) in [5.74, 6) is -0.0720. The lowest BCUT2D eigenvalue weighted by atomic mass is 10.3. The molecule has 0 radical (unpaired) electrons. The summed E-state index contributed by atoms with van der Waals surface area (Å²) in [6.07, 6.45) is 0. The Kier molecular flexibility index (Phi) is 7.52. The van der Waals surface area contributed by atoms with Crippen LogP contribution in [0, 0.1) is 0 Å². The summed E-state index contributed by atoms with van der Waals surface area (Å²) in [5.41, 5.74) is 5.32. The molecule has 1 amide bonds. The lowest BCUT2D eigenvalue weighted by Crippen LogP contribution is -2.34. The SMILES string of the molecule is N[C@H](CSCC(=O)NCCOc1ccccc1)C(=O)O. The van der Waals surface area contributed by atoms with E-state index in [1.165, 1.54) is 11.8 Å². The standard InChI is InChI=1S/C13H18N2O4S/c14-11(13(17)18)8-20-9-12(16)15-6-7-19-10-4-2-1-3-5-10/h1-5,11H,6-9,14H2,(H,15,16)(H,17,18)/t11-/m1/s1. The Morgan fingerprint density at radius 1 is 1.35 bits per heavy atom. The molecule has 0 aromatic heterocycles. The van der Waals surface area contributed by atoms with E-state index in [1.807, 2.05) is 30.3 Å². The van der Waals surface area contributed by atoms with Gasteiger partial charge in [0.1, 0.15) is 18.4 Å². The molecule has 0 aliphatic heterocycles. The molecule has 0 unspecified atom stereocenters.